The van der Waals surface area contributed by atoms with E-state index in [0.717, 1.165) is 5.56 Å². The first-order chi connectivity index (χ1) is 5.57. The van der Waals surface area contributed by atoms with Gasteiger partial charge in [-0.25, -0.2) is 0 Å². The van der Waals surface area contributed by atoms with Crippen molar-refractivity contribution in [3.8, 4) is 0 Å². The minimum Gasteiger partial charge on any atom is -0.0824 e. The minimum absolute atomic E-state index is 0.363. The van der Waals surface area contributed by atoms with Gasteiger partial charge in [0.25, 0.3) is 0 Å². The first-order valence-corrected chi connectivity index (χ1v) is 4.62. The van der Waals surface area contributed by atoms with Gasteiger partial charge in [0.1, 0.15) is 0 Å². The molecule has 1 rings (SSSR count). The smallest absolute Gasteiger partial charge is 0.0824 e. The lowest BCUT2D eigenvalue weighted by Crippen LogP contribution is -1.79. The van der Waals surface area contributed by atoms with Crippen molar-refractivity contribution in [3.63, 3.8) is 0 Å². The van der Waals surface area contributed by atoms with Gasteiger partial charge in [0.05, 0.1) is 21.7 Å². The lowest BCUT2D eigenvalue weighted by molar-refractivity contribution is 1.39. The van der Waals surface area contributed by atoms with E-state index >= 15 is 0 Å². The monoisotopic (exact) mass is 265 g/mol. The van der Waals surface area contributed by atoms with Crippen LogP contribution in [-0.4, -0.2) is 0 Å². The average molecular weight is 267 g/mol. The van der Waals surface area contributed by atoms with Gasteiger partial charge in [-0.15, -0.1) is 0 Å². The third-order valence-electron chi connectivity index (χ3n) is 1.49. The molecule has 0 fully saturated rings. The summed E-state index contributed by atoms with van der Waals surface area (Å²) in [6.45, 7) is 1.78. The Balaban J connectivity index is 3.52. The Labute approximate surface area is 88.2 Å². The summed E-state index contributed by atoms with van der Waals surface area (Å²) >= 11 is 14.8. The van der Waals surface area contributed by atoms with E-state index < -0.39 is 0 Å². The van der Waals surface area contributed by atoms with E-state index in [4.69, 9.17) is 28.6 Å². The predicted molar refractivity (Wildman–Crippen MR) is 53.6 cm³/mol. The lowest BCUT2D eigenvalue weighted by Gasteiger charge is -1.98. The summed E-state index contributed by atoms with van der Waals surface area (Å²) in [5, 5.41) is 9.36. The summed E-state index contributed by atoms with van der Waals surface area (Å²) in [6.07, 6.45) is 0. The van der Waals surface area contributed by atoms with Gasteiger partial charge in [-0.1, -0.05) is 23.2 Å². The number of hydrogen-bond donors (Lipinski definition) is 0. The van der Waals surface area contributed by atoms with Crippen LogP contribution in [0.2, 0.25) is 10.0 Å². The third kappa shape index (κ3) is 1.56. The van der Waals surface area contributed by atoms with E-state index in [-0.39, 0.29) is 0 Å². The second-order valence-corrected chi connectivity index (χ2v) is 3.81. The average Bonchev–Trinajstić information content (AvgIpc) is 2.08. The van der Waals surface area contributed by atoms with E-state index in [1.165, 1.54) is 6.07 Å². The Bertz CT molecular complexity index is 371. The molecular formula is C7H4BrCl2N2+. The molecule has 0 saturated carbocycles. The van der Waals surface area contributed by atoms with Crippen LogP contribution < -0.4 is 0 Å². The van der Waals surface area contributed by atoms with Crippen LogP contribution in [-0.2, 0) is 0 Å². The van der Waals surface area contributed by atoms with Gasteiger partial charge >= 0.3 is 5.69 Å². The number of rotatable bonds is 0. The molecule has 0 saturated heterocycles. The lowest BCUT2D eigenvalue weighted by atomic mass is 10.2. The first kappa shape index (κ1) is 9.79. The van der Waals surface area contributed by atoms with Crippen molar-refractivity contribution in [2.45, 2.75) is 6.92 Å². The molecule has 0 heterocycles. The van der Waals surface area contributed by atoms with Crippen LogP contribution in [0.3, 0.4) is 0 Å². The predicted octanol–water partition coefficient (Wildman–Crippen LogP) is 4.55. The van der Waals surface area contributed by atoms with Crippen molar-refractivity contribution >= 4 is 44.8 Å². The highest BCUT2D eigenvalue weighted by atomic mass is 79.9. The van der Waals surface area contributed by atoms with Crippen molar-refractivity contribution in [2.24, 2.45) is 0 Å². The van der Waals surface area contributed by atoms with E-state index in [1.807, 2.05) is 0 Å². The molecule has 0 unspecified atom stereocenters. The molecule has 0 amide bonds. The Morgan fingerprint density at radius 1 is 1.50 bits per heavy atom. The van der Waals surface area contributed by atoms with Crippen molar-refractivity contribution in [1.29, 1.82) is 5.39 Å². The second kappa shape index (κ2) is 3.61. The highest BCUT2D eigenvalue weighted by Crippen LogP contribution is 2.38. The molecule has 0 aliphatic heterocycles. The summed E-state index contributed by atoms with van der Waals surface area (Å²) in [5.74, 6) is 0. The van der Waals surface area contributed by atoms with Crippen LogP contribution in [0.15, 0.2) is 10.5 Å². The maximum atomic E-state index is 8.56. The van der Waals surface area contributed by atoms with Crippen LogP contribution in [0.1, 0.15) is 5.56 Å². The molecule has 5 heteroatoms. The van der Waals surface area contributed by atoms with Crippen molar-refractivity contribution in [2.75, 3.05) is 0 Å². The van der Waals surface area contributed by atoms with Crippen molar-refractivity contribution in [3.05, 3.63) is 31.1 Å². The Kier molecular flexibility index (Phi) is 2.94. The normalized spacial score (nSPS) is 9.58. The Morgan fingerprint density at radius 3 is 2.58 bits per heavy atom. The standard InChI is InChI=1S/C7H4BrCl2N2/c1-3-5(12-11)2-4(9)7(10)6(3)8/h2H,1H3/q+1. The van der Waals surface area contributed by atoms with Crippen molar-refractivity contribution in [1.82, 2.24) is 0 Å². The van der Waals surface area contributed by atoms with Crippen LogP contribution >= 0.6 is 39.1 Å². The van der Waals surface area contributed by atoms with Gasteiger partial charge in [-0.05, 0) is 22.9 Å². The molecule has 0 aromatic heterocycles. The Hall–Kier alpha value is -0.300. The Morgan fingerprint density at radius 2 is 2.08 bits per heavy atom. The largest absolute Gasteiger partial charge is 0.390 e. The summed E-state index contributed by atoms with van der Waals surface area (Å²) in [4.78, 5) is 3.06. The molecule has 0 spiro atoms. The molecule has 1 aromatic carbocycles. The highest BCUT2D eigenvalue weighted by Gasteiger charge is 2.18. The SMILES string of the molecule is Cc1c([N+]#N)cc(Cl)c(Cl)c1Br. The summed E-state index contributed by atoms with van der Waals surface area (Å²) in [6, 6.07) is 1.50. The van der Waals surface area contributed by atoms with Crippen LogP contribution in [0.5, 0.6) is 0 Å². The molecule has 2 nitrogen and oxygen atoms in total. The zero-order chi connectivity index (χ0) is 9.30. The molecule has 0 aliphatic rings. The van der Waals surface area contributed by atoms with Gasteiger partial charge in [-0.3, -0.25) is 0 Å². The van der Waals surface area contributed by atoms with Gasteiger partial charge in [0, 0.05) is 4.47 Å². The quantitative estimate of drug-likeness (QED) is 0.500. The first-order valence-electron chi connectivity index (χ1n) is 3.07. The fourth-order valence-electron chi connectivity index (χ4n) is 0.777. The third-order valence-corrected chi connectivity index (χ3v) is 3.49. The van der Waals surface area contributed by atoms with E-state index in [1.54, 1.807) is 6.92 Å². The topological polar surface area (TPSA) is 28.1 Å². The minimum atomic E-state index is 0.363. The van der Waals surface area contributed by atoms with Crippen molar-refractivity contribution < 1.29 is 0 Å². The number of diazo groups is 1. The molecule has 1 aromatic rings. The highest BCUT2D eigenvalue weighted by molar-refractivity contribution is 9.10. The summed E-state index contributed by atoms with van der Waals surface area (Å²) in [5.41, 5.74) is 1.17. The van der Waals surface area contributed by atoms with Crippen LogP contribution in [0.4, 0.5) is 5.69 Å². The molecule has 0 radical (unpaired) electrons. The van der Waals surface area contributed by atoms with E-state index in [2.05, 4.69) is 20.9 Å². The molecular weight excluding hydrogens is 263 g/mol. The maximum absolute atomic E-state index is 8.56. The molecule has 0 aliphatic carbocycles. The molecule has 12 heavy (non-hydrogen) atoms. The number of nitrogens with zero attached hydrogens (tertiary/aromatic N) is 2. The summed E-state index contributed by atoms with van der Waals surface area (Å²) in [7, 11) is 0. The van der Waals surface area contributed by atoms with Crippen LogP contribution in [0, 0.1) is 12.3 Å². The van der Waals surface area contributed by atoms with Crippen LogP contribution in [0.25, 0.3) is 4.98 Å². The molecule has 62 valence electrons. The second-order valence-electron chi connectivity index (χ2n) is 2.23. The van der Waals surface area contributed by atoms with E-state index in [0.29, 0.717) is 20.2 Å². The van der Waals surface area contributed by atoms with E-state index in [9.17, 15) is 0 Å². The fraction of sp³-hybridized carbons (Fsp3) is 0.143. The van der Waals surface area contributed by atoms with Gasteiger partial charge < -0.3 is 0 Å². The molecule has 0 N–H and O–H groups in total. The number of halogens is 3. The number of benzene rings is 1. The molecule has 0 atom stereocenters. The zero-order valence-electron chi connectivity index (χ0n) is 6.11. The van der Waals surface area contributed by atoms with Gasteiger partial charge in [0.15, 0.2) is 4.98 Å². The molecule has 0 bridgehead atoms. The van der Waals surface area contributed by atoms with Gasteiger partial charge in [-0.2, -0.15) is 0 Å². The number of hydrogen-bond acceptors (Lipinski definition) is 1. The summed E-state index contributed by atoms with van der Waals surface area (Å²) < 4.78 is 0.657. The fourth-order valence-corrected chi connectivity index (χ4v) is 1.70. The maximum Gasteiger partial charge on any atom is 0.390 e. The zero-order valence-corrected chi connectivity index (χ0v) is 9.20. The van der Waals surface area contributed by atoms with Gasteiger partial charge in [0.2, 0.25) is 5.39 Å².